The fourth-order valence-corrected chi connectivity index (χ4v) is 5.19. The van der Waals surface area contributed by atoms with E-state index in [1.807, 2.05) is 0 Å². The monoisotopic (exact) mass is 495 g/mol. The Balaban J connectivity index is 1.78. The van der Waals surface area contributed by atoms with Crippen molar-refractivity contribution in [3.8, 4) is 11.4 Å². The molecule has 1 aliphatic heterocycles. The number of rotatable bonds is 4. The van der Waals surface area contributed by atoms with E-state index < -0.39 is 15.7 Å². The number of sulfone groups is 1. The quantitative estimate of drug-likeness (QED) is 0.590. The highest BCUT2D eigenvalue weighted by atomic mass is 79.9. The Morgan fingerprint density at radius 2 is 1.93 bits per heavy atom. The fourth-order valence-electron chi connectivity index (χ4n) is 3.13. The van der Waals surface area contributed by atoms with Crippen LogP contribution in [0.2, 0.25) is 5.02 Å². The summed E-state index contributed by atoms with van der Waals surface area (Å²) < 4.78 is 31.6. The lowest BCUT2D eigenvalue weighted by molar-refractivity contribution is 0.102. The molecule has 0 spiro atoms. The zero-order chi connectivity index (χ0) is 20.8. The summed E-state index contributed by atoms with van der Waals surface area (Å²) >= 11 is 9.49. The Morgan fingerprint density at radius 3 is 2.62 bits per heavy atom. The number of nitrogens with zero attached hydrogens (tertiary/aromatic N) is 2. The number of hydrogen-bond acceptors (Lipinski definition) is 5. The largest absolute Gasteiger partial charge is 0.497 e. The van der Waals surface area contributed by atoms with Crippen LogP contribution in [-0.4, -0.2) is 31.2 Å². The zero-order valence-corrected chi connectivity index (χ0v) is 18.3. The van der Waals surface area contributed by atoms with Crippen LogP contribution in [0.3, 0.4) is 0 Å². The van der Waals surface area contributed by atoms with Crippen molar-refractivity contribution in [3.05, 3.63) is 68.8 Å². The van der Waals surface area contributed by atoms with Crippen molar-refractivity contribution in [2.75, 3.05) is 12.4 Å². The SMILES string of the molecule is COc1ccc(-n2nc3c(c2NC(=O)c2cc(Br)ccc2Cl)CS(=O)(=O)C3)cc1. The molecule has 4 rings (SSSR count). The molecule has 0 fully saturated rings. The number of anilines is 1. The number of methoxy groups -OCH3 is 1. The van der Waals surface area contributed by atoms with E-state index in [2.05, 4.69) is 26.3 Å². The molecule has 3 aromatic rings. The molecule has 1 N–H and O–H groups in total. The molecule has 2 heterocycles. The molecule has 0 aliphatic carbocycles. The summed E-state index contributed by atoms with van der Waals surface area (Å²) in [5.41, 5.74) is 1.84. The number of fused-ring (bicyclic) bond motifs is 1. The van der Waals surface area contributed by atoms with Crippen LogP contribution in [0.1, 0.15) is 21.6 Å². The van der Waals surface area contributed by atoms with Gasteiger partial charge in [0.2, 0.25) is 0 Å². The summed E-state index contributed by atoms with van der Waals surface area (Å²) in [7, 11) is -1.73. The Morgan fingerprint density at radius 1 is 1.21 bits per heavy atom. The van der Waals surface area contributed by atoms with Crippen LogP contribution < -0.4 is 10.1 Å². The molecule has 0 saturated carbocycles. The second-order valence-corrected chi connectivity index (χ2v) is 9.88. The average molecular weight is 497 g/mol. The molecule has 29 heavy (non-hydrogen) atoms. The van der Waals surface area contributed by atoms with Crippen molar-refractivity contribution in [3.63, 3.8) is 0 Å². The molecule has 0 atom stereocenters. The van der Waals surface area contributed by atoms with Gasteiger partial charge in [0.15, 0.2) is 9.84 Å². The van der Waals surface area contributed by atoms with E-state index in [9.17, 15) is 13.2 Å². The second-order valence-electron chi connectivity index (χ2n) is 6.49. The number of carbonyl (C=O) groups is 1. The van der Waals surface area contributed by atoms with Crippen LogP contribution in [0.5, 0.6) is 5.75 Å². The predicted octanol–water partition coefficient (Wildman–Crippen LogP) is 3.98. The average Bonchev–Trinajstić information content (AvgIpc) is 3.16. The topological polar surface area (TPSA) is 90.3 Å². The Kier molecular flexibility index (Phi) is 5.14. The molecule has 1 aromatic heterocycles. The van der Waals surface area contributed by atoms with Gasteiger partial charge in [-0.25, -0.2) is 13.1 Å². The lowest BCUT2D eigenvalue weighted by Gasteiger charge is -2.12. The second kappa shape index (κ2) is 7.47. The highest BCUT2D eigenvalue weighted by Gasteiger charge is 2.33. The van der Waals surface area contributed by atoms with Gasteiger partial charge in [-0.1, -0.05) is 27.5 Å². The number of benzene rings is 2. The van der Waals surface area contributed by atoms with Gasteiger partial charge in [-0.3, -0.25) is 4.79 Å². The number of ether oxygens (including phenoxy) is 1. The maximum atomic E-state index is 12.9. The normalized spacial score (nSPS) is 14.4. The highest BCUT2D eigenvalue weighted by Crippen LogP contribution is 2.34. The van der Waals surface area contributed by atoms with Crippen molar-refractivity contribution >= 4 is 49.1 Å². The van der Waals surface area contributed by atoms with Gasteiger partial charge in [0.1, 0.15) is 11.6 Å². The fraction of sp³-hybridized carbons (Fsp3) is 0.158. The van der Waals surface area contributed by atoms with E-state index in [0.29, 0.717) is 33.0 Å². The Labute approximate surface area is 180 Å². The molecule has 2 aromatic carbocycles. The van der Waals surface area contributed by atoms with Crippen LogP contribution >= 0.6 is 27.5 Å². The summed E-state index contributed by atoms with van der Waals surface area (Å²) in [4.78, 5) is 12.9. The summed E-state index contributed by atoms with van der Waals surface area (Å²) in [6.07, 6.45) is 0. The maximum absolute atomic E-state index is 12.9. The number of halogens is 2. The van der Waals surface area contributed by atoms with Crippen molar-refractivity contribution in [1.29, 1.82) is 0 Å². The van der Waals surface area contributed by atoms with Crippen LogP contribution in [0.15, 0.2) is 46.9 Å². The number of amides is 1. The third kappa shape index (κ3) is 3.90. The van der Waals surface area contributed by atoms with E-state index in [-0.39, 0.29) is 22.1 Å². The van der Waals surface area contributed by atoms with Gasteiger partial charge in [-0.2, -0.15) is 5.10 Å². The van der Waals surface area contributed by atoms with Crippen LogP contribution in [0.25, 0.3) is 5.69 Å². The summed E-state index contributed by atoms with van der Waals surface area (Å²) in [5.74, 6) is 0.180. The van der Waals surface area contributed by atoms with Crippen LogP contribution in [0.4, 0.5) is 5.82 Å². The summed E-state index contributed by atoms with van der Waals surface area (Å²) in [6, 6.07) is 12.0. The van der Waals surface area contributed by atoms with Gasteiger partial charge >= 0.3 is 0 Å². The van der Waals surface area contributed by atoms with Crippen molar-refractivity contribution in [1.82, 2.24) is 9.78 Å². The zero-order valence-electron chi connectivity index (χ0n) is 15.1. The third-order valence-electron chi connectivity index (χ3n) is 4.51. The Hall–Kier alpha value is -2.36. The van der Waals surface area contributed by atoms with Crippen molar-refractivity contribution < 1.29 is 17.9 Å². The molecular weight excluding hydrogens is 482 g/mol. The van der Waals surface area contributed by atoms with Crippen LogP contribution in [-0.2, 0) is 21.3 Å². The predicted molar refractivity (Wildman–Crippen MR) is 114 cm³/mol. The van der Waals surface area contributed by atoms with Crippen molar-refractivity contribution in [2.24, 2.45) is 0 Å². The first kappa shape index (κ1) is 19.9. The van der Waals surface area contributed by atoms with E-state index in [4.69, 9.17) is 16.3 Å². The first-order valence-electron chi connectivity index (χ1n) is 8.49. The first-order chi connectivity index (χ1) is 13.8. The molecule has 0 bridgehead atoms. The van der Waals surface area contributed by atoms with E-state index in [0.717, 1.165) is 0 Å². The van der Waals surface area contributed by atoms with E-state index in [1.54, 1.807) is 49.6 Å². The smallest absolute Gasteiger partial charge is 0.258 e. The van der Waals surface area contributed by atoms with Crippen molar-refractivity contribution in [2.45, 2.75) is 11.5 Å². The highest BCUT2D eigenvalue weighted by molar-refractivity contribution is 9.10. The number of carbonyl (C=O) groups excluding carboxylic acids is 1. The molecule has 0 radical (unpaired) electrons. The van der Waals surface area contributed by atoms with Gasteiger partial charge < -0.3 is 10.1 Å². The molecule has 150 valence electrons. The summed E-state index contributed by atoms with van der Waals surface area (Å²) in [5, 5.41) is 7.52. The van der Waals surface area contributed by atoms with E-state index in [1.165, 1.54) is 4.68 Å². The van der Waals surface area contributed by atoms with Crippen LogP contribution in [0, 0.1) is 0 Å². The lowest BCUT2D eigenvalue weighted by atomic mass is 10.2. The molecule has 10 heteroatoms. The van der Waals surface area contributed by atoms with Gasteiger partial charge in [-0.05, 0) is 42.5 Å². The lowest BCUT2D eigenvalue weighted by Crippen LogP contribution is -2.17. The minimum atomic E-state index is -3.29. The van der Waals surface area contributed by atoms with E-state index >= 15 is 0 Å². The Bertz CT molecular complexity index is 1220. The molecule has 1 aliphatic rings. The maximum Gasteiger partial charge on any atom is 0.258 e. The molecule has 7 nitrogen and oxygen atoms in total. The molecule has 0 saturated heterocycles. The molecular formula is C19H15BrClN3O4S. The molecule has 1 amide bonds. The standard InChI is InChI=1S/C19H15BrClN3O4S/c1-28-13-5-3-12(4-6-13)24-18(15-9-29(26,27)10-17(15)23-24)22-19(25)14-8-11(20)2-7-16(14)21/h2-8H,9-10H2,1H3,(H,22,25). The molecule has 0 unspecified atom stereocenters. The number of hydrogen-bond donors (Lipinski definition) is 1. The first-order valence-corrected chi connectivity index (χ1v) is 11.5. The van der Waals surface area contributed by atoms with Gasteiger partial charge in [0.05, 0.1) is 40.6 Å². The number of aromatic nitrogens is 2. The van der Waals surface area contributed by atoms with Gasteiger partial charge in [0.25, 0.3) is 5.91 Å². The minimum absolute atomic E-state index is 0.161. The minimum Gasteiger partial charge on any atom is -0.497 e. The third-order valence-corrected chi connectivity index (χ3v) is 6.77. The summed E-state index contributed by atoms with van der Waals surface area (Å²) in [6.45, 7) is 0. The van der Waals surface area contributed by atoms with Gasteiger partial charge in [-0.15, -0.1) is 0 Å². The van der Waals surface area contributed by atoms with Gasteiger partial charge in [0, 0.05) is 10.0 Å². The number of nitrogens with one attached hydrogen (secondary N) is 1.